The van der Waals surface area contributed by atoms with Crippen LogP contribution in [0.15, 0.2) is 30.3 Å². The molecule has 31 heavy (non-hydrogen) atoms. The average Bonchev–Trinajstić information content (AvgIpc) is 3.24. The standard InChI is InChI=1S/C22H24ClNO7/c1-12(2)19(24-21(25)14-7-15(27-3)9-16(8-14)28-4)22(26)29-10-13-5-17(23)20-18(6-13)30-11-31-20/h5-9,12,19H,10-11H2,1-4H3,(H,24,25). The van der Waals surface area contributed by atoms with Crippen LogP contribution in [0.5, 0.6) is 23.0 Å². The Morgan fingerprint density at radius 3 is 2.35 bits per heavy atom. The van der Waals surface area contributed by atoms with Crippen LogP contribution in [0.3, 0.4) is 0 Å². The second kappa shape index (κ2) is 9.78. The third kappa shape index (κ3) is 5.32. The summed E-state index contributed by atoms with van der Waals surface area (Å²) in [6.07, 6.45) is 0. The summed E-state index contributed by atoms with van der Waals surface area (Å²) in [5, 5.41) is 3.11. The van der Waals surface area contributed by atoms with Gasteiger partial charge in [0.15, 0.2) is 11.5 Å². The molecule has 2 aromatic carbocycles. The minimum absolute atomic E-state index is 0.0265. The van der Waals surface area contributed by atoms with Gasteiger partial charge in [0.1, 0.15) is 24.1 Å². The van der Waals surface area contributed by atoms with Gasteiger partial charge >= 0.3 is 5.97 Å². The second-order valence-corrected chi connectivity index (χ2v) is 7.62. The fourth-order valence-corrected chi connectivity index (χ4v) is 3.30. The lowest BCUT2D eigenvalue weighted by atomic mass is 10.0. The van der Waals surface area contributed by atoms with Gasteiger partial charge in [0.2, 0.25) is 6.79 Å². The number of benzene rings is 2. The Kier molecular flexibility index (Phi) is 7.12. The molecule has 0 saturated carbocycles. The fraction of sp³-hybridized carbons (Fsp3) is 0.364. The molecular formula is C22H24ClNO7. The molecule has 0 bridgehead atoms. The van der Waals surface area contributed by atoms with Gasteiger partial charge in [-0.25, -0.2) is 4.79 Å². The zero-order chi connectivity index (χ0) is 22.5. The number of hydrogen-bond donors (Lipinski definition) is 1. The highest BCUT2D eigenvalue weighted by atomic mass is 35.5. The summed E-state index contributed by atoms with van der Waals surface area (Å²) >= 11 is 6.17. The number of ether oxygens (including phenoxy) is 5. The summed E-state index contributed by atoms with van der Waals surface area (Å²) in [5.41, 5.74) is 0.950. The van der Waals surface area contributed by atoms with Crippen molar-refractivity contribution in [1.29, 1.82) is 0 Å². The molecule has 1 N–H and O–H groups in total. The molecule has 0 aliphatic carbocycles. The van der Waals surface area contributed by atoms with Crippen LogP contribution >= 0.6 is 11.6 Å². The first-order chi connectivity index (χ1) is 14.8. The molecule has 1 amide bonds. The summed E-state index contributed by atoms with van der Waals surface area (Å²) < 4.78 is 26.4. The van der Waals surface area contributed by atoms with Crippen molar-refractivity contribution in [2.75, 3.05) is 21.0 Å². The SMILES string of the molecule is COc1cc(OC)cc(C(=O)NC(C(=O)OCc2cc(Cl)c3c(c2)OCO3)C(C)C)c1. The maximum Gasteiger partial charge on any atom is 0.329 e. The highest BCUT2D eigenvalue weighted by Gasteiger charge is 2.27. The molecule has 1 aliphatic heterocycles. The van der Waals surface area contributed by atoms with Crippen LogP contribution in [-0.2, 0) is 16.1 Å². The Morgan fingerprint density at radius 1 is 1.06 bits per heavy atom. The molecule has 3 rings (SSSR count). The quantitative estimate of drug-likeness (QED) is 0.615. The monoisotopic (exact) mass is 449 g/mol. The second-order valence-electron chi connectivity index (χ2n) is 7.22. The van der Waals surface area contributed by atoms with Gasteiger partial charge in [-0.1, -0.05) is 25.4 Å². The Morgan fingerprint density at radius 2 is 1.74 bits per heavy atom. The zero-order valence-electron chi connectivity index (χ0n) is 17.7. The molecule has 0 saturated heterocycles. The first-order valence-electron chi connectivity index (χ1n) is 9.61. The van der Waals surface area contributed by atoms with E-state index in [-0.39, 0.29) is 19.3 Å². The molecule has 0 aromatic heterocycles. The molecule has 1 aliphatic rings. The number of fused-ring (bicyclic) bond motifs is 1. The van der Waals surface area contributed by atoms with Crippen molar-refractivity contribution < 1.29 is 33.3 Å². The number of halogens is 1. The number of carbonyl (C=O) groups is 2. The third-order valence-electron chi connectivity index (χ3n) is 4.69. The number of nitrogens with one attached hydrogen (secondary N) is 1. The van der Waals surface area contributed by atoms with Crippen molar-refractivity contribution >= 4 is 23.5 Å². The molecular weight excluding hydrogens is 426 g/mol. The summed E-state index contributed by atoms with van der Waals surface area (Å²) in [5.74, 6) is 0.688. The number of amides is 1. The summed E-state index contributed by atoms with van der Waals surface area (Å²) in [6, 6.07) is 7.28. The smallest absolute Gasteiger partial charge is 0.329 e. The topological polar surface area (TPSA) is 92.3 Å². The van der Waals surface area contributed by atoms with Crippen molar-refractivity contribution in [1.82, 2.24) is 5.32 Å². The van der Waals surface area contributed by atoms with E-state index in [0.29, 0.717) is 39.1 Å². The minimum atomic E-state index is -0.853. The largest absolute Gasteiger partial charge is 0.497 e. The van der Waals surface area contributed by atoms with Crippen LogP contribution in [0, 0.1) is 5.92 Å². The summed E-state index contributed by atoms with van der Waals surface area (Å²) in [4.78, 5) is 25.5. The molecule has 0 spiro atoms. The first kappa shape index (κ1) is 22.6. The lowest BCUT2D eigenvalue weighted by molar-refractivity contribution is -0.148. The van der Waals surface area contributed by atoms with E-state index in [9.17, 15) is 9.59 Å². The number of esters is 1. The lowest BCUT2D eigenvalue weighted by Crippen LogP contribution is -2.45. The van der Waals surface area contributed by atoms with Gasteiger partial charge in [-0.3, -0.25) is 4.79 Å². The van der Waals surface area contributed by atoms with Crippen molar-refractivity contribution in [3.8, 4) is 23.0 Å². The van der Waals surface area contributed by atoms with Gasteiger partial charge in [0.05, 0.1) is 19.2 Å². The summed E-state index contributed by atoms with van der Waals surface area (Å²) in [6.45, 7) is 3.70. The first-order valence-corrected chi connectivity index (χ1v) is 9.98. The predicted molar refractivity (Wildman–Crippen MR) is 113 cm³/mol. The Labute approximate surface area is 185 Å². The van der Waals surface area contributed by atoms with Gasteiger partial charge in [-0.15, -0.1) is 0 Å². The molecule has 1 unspecified atom stereocenters. The van der Waals surface area contributed by atoms with Gasteiger partial charge in [-0.2, -0.15) is 0 Å². The van der Waals surface area contributed by atoms with E-state index >= 15 is 0 Å². The predicted octanol–water partition coefficient (Wildman–Crippen LogP) is 3.58. The van der Waals surface area contributed by atoms with E-state index in [0.717, 1.165) is 0 Å². The van der Waals surface area contributed by atoms with Gasteiger partial charge in [0.25, 0.3) is 5.91 Å². The van der Waals surface area contributed by atoms with E-state index in [2.05, 4.69) is 5.32 Å². The van der Waals surface area contributed by atoms with E-state index in [1.807, 2.05) is 13.8 Å². The van der Waals surface area contributed by atoms with E-state index in [4.69, 9.17) is 35.3 Å². The molecule has 1 heterocycles. The average molecular weight is 450 g/mol. The normalized spacial score (nSPS) is 13.0. The number of hydrogen-bond acceptors (Lipinski definition) is 7. The van der Waals surface area contributed by atoms with Crippen molar-refractivity contribution in [2.24, 2.45) is 5.92 Å². The molecule has 8 nitrogen and oxygen atoms in total. The van der Waals surface area contributed by atoms with E-state index < -0.39 is 17.9 Å². The molecule has 9 heteroatoms. The van der Waals surface area contributed by atoms with Crippen molar-refractivity contribution in [3.05, 3.63) is 46.5 Å². The Bertz CT molecular complexity index is 954. The molecule has 1 atom stereocenters. The Hall–Kier alpha value is -3.13. The highest BCUT2D eigenvalue weighted by molar-refractivity contribution is 6.32. The van der Waals surface area contributed by atoms with Gasteiger partial charge in [0, 0.05) is 11.6 Å². The molecule has 166 valence electrons. The van der Waals surface area contributed by atoms with Crippen LogP contribution in [0.25, 0.3) is 0 Å². The summed E-state index contributed by atoms with van der Waals surface area (Å²) in [7, 11) is 2.99. The van der Waals surface area contributed by atoms with Crippen LogP contribution < -0.4 is 24.3 Å². The van der Waals surface area contributed by atoms with Crippen molar-refractivity contribution in [2.45, 2.75) is 26.5 Å². The van der Waals surface area contributed by atoms with Crippen molar-refractivity contribution in [3.63, 3.8) is 0 Å². The zero-order valence-corrected chi connectivity index (χ0v) is 18.4. The number of methoxy groups -OCH3 is 2. The molecule has 2 aromatic rings. The van der Waals surface area contributed by atoms with Crippen LogP contribution in [0.1, 0.15) is 29.8 Å². The minimum Gasteiger partial charge on any atom is -0.497 e. The Balaban J connectivity index is 1.68. The van der Waals surface area contributed by atoms with E-state index in [1.165, 1.54) is 14.2 Å². The third-order valence-corrected chi connectivity index (χ3v) is 4.97. The van der Waals surface area contributed by atoms with Gasteiger partial charge in [-0.05, 0) is 35.7 Å². The molecule has 0 fully saturated rings. The maximum absolute atomic E-state index is 12.8. The fourth-order valence-electron chi connectivity index (χ4n) is 3.01. The van der Waals surface area contributed by atoms with Crippen LogP contribution in [0.2, 0.25) is 5.02 Å². The lowest BCUT2D eigenvalue weighted by Gasteiger charge is -2.21. The number of carbonyl (C=O) groups excluding carboxylic acids is 2. The van der Waals surface area contributed by atoms with E-state index in [1.54, 1.807) is 30.3 Å². The van der Waals surface area contributed by atoms with Gasteiger partial charge < -0.3 is 29.0 Å². The van der Waals surface area contributed by atoms with Crippen LogP contribution in [0.4, 0.5) is 0 Å². The highest BCUT2D eigenvalue weighted by Crippen LogP contribution is 2.39. The molecule has 0 radical (unpaired) electrons. The maximum atomic E-state index is 12.8. The van der Waals surface area contributed by atoms with Crippen LogP contribution in [-0.4, -0.2) is 38.9 Å². The number of rotatable bonds is 8.